The van der Waals surface area contributed by atoms with Crippen molar-refractivity contribution < 1.29 is 9.47 Å². The van der Waals surface area contributed by atoms with Crippen LogP contribution in [0.5, 0.6) is 5.75 Å². The maximum absolute atomic E-state index is 6.14. The summed E-state index contributed by atoms with van der Waals surface area (Å²) in [7, 11) is 3.35. The molecule has 3 heteroatoms. The molecule has 2 rings (SSSR count). The fourth-order valence-corrected chi connectivity index (χ4v) is 1.78. The largest absolute Gasteiger partial charge is 0.496 e. The summed E-state index contributed by atoms with van der Waals surface area (Å²) in [6.07, 6.45) is 2.15. The molecule has 0 amide bonds. The van der Waals surface area contributed by atoms with Gasteiger partial charge in [0.25, 0.3) is 0 Å². The highest BCUT2D eigenvalue weighted by atomic mass is 16.5. The third kappa shape index (κ3) is 1.98. The molecule has 15 heavy (non-hydrogen) atoms. The van der Waals surface area contributed by atoms with Crippen LogP contribution in [0.25, 0.3) is 0 Å². The van der Waals surface area contributed by atoms with E-state index in [1.807, 2.05) is 12.1 Å². The van der Waals surface area contributed by atoms with Crippen molar-refractivity contribution in [2.45, 2.75) is 25.0 Å². The molecule has 0 saturated heterocycles. The van der Waals surface area contributed by atoms with Crippen molar-refractivity contribution in [2.24, 2.45) is 5.73 Å². The number of hydrogen-bond acceptors (Lipinski definition) is 3. The second kappa shape index (κ2) is 3.83. The smallest absolute Gasteiger partial charge is 0.124 e. The highest BCUT2D eigenvalue weighted by molar-refractivity contribution is 5.41. The van der Waals surface area contributed by atoms with Crippen LogP contribution in [-0.2, 0) is 16.9 Å². The number of hydrogen-bond donors (Lipinski definition) is 1. The lowest BCUT2D eigenvalue weighted by atomic mass is 10.0. The van der Waals surface area contributed by atoms with Crippen molar-refractivity contribution in [3.8, 4) is 5.75 Å². The Balaban J connectivity index is 2.32. The highest BCUT2D eigenvalue weighted by Crippen LogP contribution is 2.43. The molecule has 0 aliphatic heterocycles. The van der Waals surface area contributed by atoms with Gasteiger partial charge in [0.05, 0.1) is 13.7 Å². The molecule has 0 atom stereocenters. The minimum atomic E-state index is -0.0885. The third-order valence-corrected chi connectivity index (χ3v) is 2.94. The zero-order valence-electron chi connectivity index (χ0n) is 9.25. The van der Waals surface area contributed by atoms with Crippen molar-refractivity contribution in [3.63, 3.8) is 0 Å². The molecule has 2 N–H and O–H groups in total. The normalized spacial score (nSPS) is 17.5. The maximum atomic E-state index is 6.14. The van der Waals surface area contributed by atoms with Gasteiger partial charge in [-0.1, -0.05) is 6.07 Å². The van der Waals surface area contributed by atoms with Crippen molar-refractivity contribution in [1.82, 2.24) is 0 Å². The van der Waals surface area contributed by atoms with Crippen LogP contribution in [0.3, 0.4) is 0 Å². The highest BCUT2D eigenvalue weighted by Gasteiger charge is 2.40. The van der Waals surface area contributed by atoms with Gasteiger partial charge in [-0.05, 0) is 30.5 Å². The lowest BCUT2D eigenvalue weighted by Crippen LogP contribution is -2.18. The molecule has 1 fully saturated rings. The molecule has 0 spiro atoms. The van der Waals surface area contributed by atoms with Gasteiger partial charge in [0, 0.05) is 18.2 Å². The molecule has 1 aromatic carbocycles. The minimum Gasteiger partial charge on any atom is -0.496 e. The Morgan fingerprint density at radius 2 is 2.07 bits per heavy atom. The summed E-state index contributed by atoms with van der Waals surface area (Å²) in [4.78, 5) is 0. The average molecular weight is 207 g/mol. The van der Waals surface area contributed by atoms with Crippen LogP contribution in [-0.4, -0.2) is 14.2 Å². The number of rotatable bonds is 4. The van der Waals surface area contributed by atoms with Crippen molar-refractivity contribution in [1.29, 1.82) is 0 Å². The Morgan fingerprint density at radius 3 is 2.60 bits per heavy atom. The minimum absolute atomic E-state index is 0.0885. The van der Waals surface area contributed by atoms with E-state index in [1.165, 1.54) is 5.56 Å². The molecule has 1 aliphatic rings. The molecular formula is C12H17NO2. The number of benzene rings is 1. The molecule has 1 aromatic rings. The topological polar surface area (TPSA) is 44.5 Å². The van der Waals surface area contributed by atoms with E-state index in [2.05, 4.69) is 6.07 Å². The predicted molar refractivity (Wildman–Crippen MR) is 58.8 cm³/mol. The number of ether oxygens (including phenoxy) is 2. The SMILES string of the molecule is COCc1cc(C2(N)CC2)ccc1OC. The van der Waals surface area contributed by atoms with Crippen molar-refractivity contribution in [3.05, 3.63) is 29.3 Å². The third-order valence-electron chi connectivity index (χ3n) is 2.94. The van der Waals surface area contributed by atoms with Gasteiger partial charge >= 0.3 is 0 Å². The first-order valence-electron chi connectivity index (χ1n) is 5.15. The zero-order chi connectivity index (χ0) is 10.9. The molecule has 0 bridgehead atoms. The summed E-state index contributed by atoms with van der Waals surface area (Å²) in [5.41, 5.74) is 8.31. The fourth-order valence-electron chi connectivity index (χ4n) is 1.78. The van der Waals surface area contributed by atoms with Crippen molar-refractivity contribution in [2.75, 3.05) is 14.2 Å². The Bertz CT molecular complexity index is 359. The van der Waals surface area contributed by atoms with E-state index >= 15 is 0 Å². The number of methoxy groups -OCH3 is 2. The second-order valence-corrected chi connectivity index (χ2v) is 4.12. The molecule has 1 aliphatic carbocycles. The van der Waals surface area contributed by atoms with Crippen LogP contribution in [0.2, 0.25) is 0 Å². The van der Waals surface area contributed by atoms with Crippen LogP contribution >= 0.6 is 0 Å². The first kappa shape index (κ1) is 10.5. The van der Waals surface area contributed by atoms with Gasteiger partial charge < -0.3 is 15.2 Å². The molecule has 3 nitrogen and oxygen atoms in total. The number of nitrogens with two attached hydrogens (primary N) is 1. The van der Waals surface area contributed by atoms with Crippen LogP contribution in [0.15, 0.2) is 18.2 Å². The summed E-state index contributed by atoms with van der Waals surface area (Å²) in [5.74, 6) is 0.866. The summed E-state index contributed by atoms with van der Waals surface area (Å²) in [6, 6.07) is 6.11. The van der Waals surface area contributed by atoms with E-state index in [0.29, 0.717) is 6.61 Å². The lowest BCUT2D eigenvalue weighted by Gasteiger charge is -2.13. The monoisotopic (exact) mass is 207 g/mol. The predicted octanol–water partition coefficient (Wildman–Crippen LogP) is 1.79. The van der Waals surface area contributed by atoms with E-state index < -0.39 is 0 Å². The fraction of sp³-hybridized carbons (Fsp3) is 0.500. The van der Waals surface area contributed by atoms with E-state index in [1.54, 1.807) is 14.2 Å². The standard InChI is InChI=1S/C12H17NO2/c1-14-8-9-7-10(12(13)5-6-12)3-4-11(9)15-2/h3-4,7H,5-6,8,13H2,1-2H3. The zero-order valence-corrected chi connectivity index (χ0v) is 9.25. The summed E-state index contributed by atoms with van der Waals surface area (Å²) < 4.78 is 10.4. The molecule has 0 heterocycles. The van der Waals surface area contributed by atoms with Crippen LogP contribution < -0.4 is 10.5 Å². The molecule has 82 valence electrons. The average Bonchev–Trinajstić information content (AvgIpc) is 2.98. The second-order valence-electron chi connectivity index (χ2n) is 4.12. The Kier molecular flexibility index (Phi) is 2.67. The quantitative estimate of drug-likeness (QED) is 0.818. The first-order chi connectivity index (χ1) is 7.19. The van der Waals surface area contributed by atoms with Gasteiger partial charge in [0.15, 0.2) is 0 Å². The molecule has 0 aromatic heterocycles. The molecule has 1 saturated carbocycles. The summed E-state index contributed by atoms with van der Waals surface area (Å²) in [5, 5.41) is 0. The van der Waals surface area contributed by atoms with Gasteiger partial charge in [-0.15, -0.1) is 0 Å². The van der Waals surface area contributed by atoms with Crippen LogP contribution in [0.1, 0.15) is 24.0 Å². The Morgan fingerprint density at radius 1 is 1.33 bits per heavy atom. The lowest BCUT2D eigenvalue weighted by molar-refractivity contribution is 0.181. The molecule has 0 unspecified atom stereocenters. The van der Waals surface area contributed by atoms with Crippen LogP contribution in [0, 0.1) is 0 Å². The Labute approximate surface area is 90.2 Å². The molecule has 0 radical (unpaired) electrons. The van der Waals surface area contributed by atoms with E-state index in [0.717, 1.165) is 24.2 Å². The van der Waals surface area contributed by atoms with Crippen molar-refractivity contribution >= 4 is 0 Å². The van der Waals surface area contributed by atoms with E-state index in [4.69, 9.17) is 15.2 Å². The summed E-state index contributed by atoms with van der Waals surface area (Å²) in [6.45, 7) is 0.563. The molecular weight excluding hydrogens is 190 g/mol. The maximum Gasteiger partial charge on any atom is 0.124 e. The van der Waals surface area contributed by atoms with E-state index in [9.17, 15) is 0 Å². The van der Waals surface area contributed by atoms with Gasteiger partial charge in [0.2, 0.25) is 0 Å². The van der Waals surface area contributed by atoms with Gasteiger partial charge in [-0.25, -0.2) is 0 Å². The van der Waals surface area contributed by atoms with Gasteiger partial charge in [-0.2, -0.15) is 0 Å². The summed E-state index contributed by atoms with van der Waals surface area (Å²) >= 11 is 0. The van der Waals surface area contributed by atoms with Crippen LogP contribution in [0.4, 0.5) is 0 Å². The van der Waals surface area contributed by atoms with Gasteiger partial charge in [-0.3, -0.25) is 0 Å². The van der Waals surface area contributed by atoms with Gasteiger partial charge in [0.1, 0.15) is 5.75 Å². The first-order valence-corrected chi connectivity index (χ1v) is 5.15. The Hall–Kier alpha value is -1.06. The van der Waals surface area contributed by atoms with E-state index in [-0.39, 0.29) is 5.54 Å².